The fourth-order valence-electron chi connectivity index (χ4n) is 4.37. The Hall–Kier alpha value is -4.08. The van der Waals surface area contributed by atoms with E-state index in [2.05, 4.69) is 15.2 Å². The van der Waals surface area contributed by atoms with Gasteiger partial charge in [0.25, 0.3) is 15.9 Å². The van der Waals surface area contributed by atoms with Gasteiger partial charge in [-0.1, -0.05) is 47.5 Å². The Morgan fingerprint density at radius 1 is 1.00 bits per heavy atom. The number of ether oxygens (including phenoxy) is 1. The predicted molar refractivity (Wildman–Crippen MR) is 150 cm³/mol. The number of benzene rings is 3. The number of nitrogens with one attached hydrogen (secondary N) is 2. The van der Waals surface area contributed by atoms with E-state index in [0.717, 1.165) is 5.56 Å². The molecule has 0 bridgehead atoms. The largest absolute Gasteiger partial charge is 0.455 e. The molecule has 0 radical (unpaired) electrons. The van der Waals surface area contributed by atoms with Crippen molar-refractivity contribution in [2.45, 2.75) is 38.0 Å². The number of rotatable bonds is 7. The minimum Gasteiger partial charge on any atom is -0.455 e. The van der Waals surface area contributed by atoms with Crippen LogP contribution in [0, 0.1) is 13.8 Å². The second-order valence-corrected chi connectivity index (χ2v) is 11.3. The molecule has 10 heteroatoms. The lowest BCUT2D eigenvalue weighted by atomic mass is 9.93. The van der Waals surface area contributed by atoms with Crippen molar-refractivity contribution in [1.29, 1.82) is 0 Å². The van der Waals surface area contributed by atoms with Crippen molar-refractivity contribution in [2.75, 3.05) is 5.32 Å². The van der Waals surface area contributed by atoms with Crippen LogP contribution in [-0.2, 0) is 16.4 Å². The van der Waals surface area contributed by atoms with Gasteiger partial charge in [0.05, 0.1) is 16.3 Å². The van der Waals surface area contributed by atoms with Crippen LogP contribution in [0.5, 0.6) is 11.5 Å². The number of hydrogen-bond donors (Lipinski definition) is 2. The Bertz CT molecular complexity index is 1660. The number of sulfonamides is 1. The van der Waals surface area contributed by atoms with E-state index in [4.69, 9.17) is 20.8 Å². The van der Waals surface area contributed by atoms with Gasteiger partial charge >= 0.3 is 0 Å². The van der Waals surface area contributed by atoms with Crippen molar-refractivity contribution >= 4 is 38.9 Å². The lowest BCUT2D eigenvalue weighted by molar-refractivity contribution is 0.0993. The highest BCUT2D eigenvalue weighted by atomic mass is 35.5. The average Bonchev–Trinajstić information content (AvgIpc) is 3.27. The number of aryl methyl sites for hydroxylation is 2. The molecule has 1 heterocycles. The molecule has 0 spiro atoms. The molecule has 200 valence electrons. The van der Waals surface area contributed by atoms with Gasteiger partial charge in [-0.2, -0.15) is 18.4 Å². The maximum Gasteiger partial charge on any atom is 0.291 e. The SMILES string of the molecule is Cc1ccc(S(=O)(=O)N/N=C2\CCCc3oc(C(=O)Nc4cc(Cl)ccc4Oc4ccccc4)c(C)c32)cc1. The molecule has 1 aliphatic carbocycles. The molecule has 4 aromatic rings. The second kappa shape index (κ2) is 11.0. The standard InChI is InChI=1S/C29H26ClN3O5S/c1-18-11-14-22(15-12-18)39(35,36)33-32-23-9-6-10-26-27(23)19(2)28(38-26)29(34)31-24-17-20(30)13-16-25(24)37-21-7-4-3-5-8-21/h3-5,7-8,11-17,33H,6,9-10H2,1-2H3,(H,31,34)/b32-23+. The molecular weight excluding hydrogens is 538 g/mol. The van der Waals surface area contributed by atoms with E-state index in [1.54, 1.807) is 49.4 Å². The number of nitrogens with zero attached hydrogens (tertiary/aromatic N) is 1. The Kier molecular flexibility index (Phi) is 7.45. The maximum atomic E-state index is 13.4. The topological polar surface area (TPSA) is 110 Å². The van der Waals surface area contributed by atoms with Crippen molar-refractivity contribution in [3.63, 3.8) is 0 Å². The van der Waals surface area contributed by atoms with Crippen LogP contribution in [0.15, 0.2) is 87.2 Å². The van der Waals surface area contributed by atoms with Gasteiger partial charge in [-0.3, -0.25) is 4.79 Å². The van der Waals surface area contributed by atoms with Crippen LogP contribution in [0.2, 0.25) is 5.02 Å². The number of hydrazone groups is 1. The molecule has 1 aliphatic rings. The van der Waals surface area contributed by atoms with E-state index in [-0.39, 0.29) is 10.7 Å². The van der Waals surface area contributed by atoms with Crippen LogP contribution in [0.25, 0.3) is 0 Å². The molecule has 0 saturated heterocycles. The van der Waals surface area contributed by atoms with Gasteiger partial charge in [-0.15, -0.1) is 0 Å². The number of hydrogen-bond acceptors (Lipinski definition) is 6. The summed E-state index contributed by atoms with van der Waals surface area (Å²) in [6, 6.07) is 20.6. The molecule has 1 amide bonds. The van der Waals surface area contributed by atoms with E-state index in [1.165, 1.54) is 12.1 Å². The van der Waals surface area contributed by atoms with Gasteiger partial charge in [-0.05, 0) is 69.2 Å². The van der Waals surface area contributed by atoms with Gasteiger partial charge < -0.3 is 14.5 Å². The van der Waals surface area contributed by atoms with Gasteiger partial charge in [0.2, 0.25) is 0 Å². The fraction of sp³-hybridized carbons (Fsp3) is 0.172. The third-order valence-corrected chi connectivity index (χ3v) is 7.78. The third-order valence-electron chi connectivity index (χ3n) is 6.32. The summed E-state index contributed by atoms with van der Waals surface area (Å²) in [7, 11) is -3.85. The summed E-state index contributed by atoms with van der Waals surface area (Å²) in [4.78, 5) is 15.8. The summed E-state index contributed by atoms with van der Waals surface area (Å²) >= 11 is 6.20. The van der Waals surface area contributed by atoms with Crippen LogP contribution in [0.4, 0.5) is 5.69 Å². The van der Waals surface area contributed by atoms with Crippen molar-refractivity contribution in [3.05, 3.63) is 106 Å². The number of halogens is 1. The first-order valence-electron chi connectivity index (χ1n) is 12.3. The zero-order valence-corrected chi connectivity index (χ0v) is 22.9. The maximum absolute atomic E-state index is 13.4. The number of carbonyl (C=O) groups excluding carboxylic acids is 1. The molecule has 3 aromatic carbocycles. The molecule has 0 saturated carbocycles. The monoisotopic (exact) mass is 563 g/mol. The molecule has 8 nitrogen and oxygen atoms in total. The first-order valence-corrected chi connectivity index (χ1v) is 14.2. The lowest BCUT2D eigenvalue weighted by Crippen LogP contribution is -2.22. The molecule has 0 fully saturated rings. The van der Waals surface area contributed by atoms with Crippen LogP contribution in [0.3, 0.4) is 0 Å². The summed E-state index contributed by atoms with van der Waals surface area (Å²) in [5.41, 5.74) is 3.06. The van der Waals surface area contributed by atoms with Crippen molar-refractivity contribution in [2.24, 2.45) is 5.10 Å². The van der Waals surface area contributed by atoms with E-state index < -0.39 is 15.9 Å². The Balaban J connectivity index is 1.40. The molecule has 5 rings (SSSR count). The van der Waals surface area contributed by atoms with E-state index >= 15 is 0 Å². The van der Waals surface area contributed by atoms with Crippen molar-refractivity contribution < 1.29 is 22.4 Å². The summed E-state index contributed by atoms with van der Waals surface area (Å²) in [5.74, 6) is 1.24. The molecule has 2 N–H and O–H groups in total. The Morgan fingerprint density at radius 2 is 1.74 bits per heavy atom. The smallest absolute Gasteiger partial charge is 0.291 e. The molecule has 0 unspecified atom stereocenters. The number of fused-ring (bicyclic) bond motifs is 1. The summed E-state index contributed by atoms with van der Waals surface area (Å²) in [6.45, 7) is 3.64. The Labute approximate surface area is 231 Å². The number of amides is 1. The molecule has 0 aliphatic heterocycles. The predicted octanol–water partition coefficient (Wildman–Crippen LogP) is 6.61. The number of furan rings is 1. The minimum atomic E-state index is -3.85. The van der Waals surface area contributed by atoms with Gasteiger partial charge in [-0.25, -0.2) is 0 Å². The lowest BCUT2D eigenvalue weighted by Gasteiger charge is -2.14. The fourth-order valence-corrected chi connectivity index (χ4v) is 5.37. The van der Waals surface area contributed by atoms with Gasteiger partial charge in [0.1, 0.15) is 11.5 Å². The number of para-hydroxylation sites is 1. The van der Waals surface area contributed by atoms with Gasteiger partial charge in [0.15, 0.2) is 11.5 Å². The second-order valence-electron chi connectivity index (χ2n) is 9.18. The highest BCUT2D eigenvalue weighted by molar-refractivity contribution is 7.89. The Morgan fingerprint density at radius 3 is 2.49 bits per heavy atom. The third kappa shape index (κ3) is 5.84. The summed E-state index contributed by atoms with van der Waals surface area (Å²) in [6.07, 6.45) is 1.84. The van der Waals surface area contributed by atoms with Crippen LogP contribution < -0.4 is 14.9 Å². The molecule has 0 atom stereocenters. The summed E-state index contributed by atoms with van der Waals surface area (Å²) < 4.78 is 37.4. The molecular formula is C29H26ClN3O5S. The number of carbonyl (C=O) groups is 1. The quantitative estimate of drug-likeness (QED) is 0.246. The first kappa shape index (κ1) is 26.5. The first-order chi connectivity index (χ1) is 18.7. The average molecular weight is 564 g/mol. The number of anilines is 1. The van der Waals surface area contributed by atoms with Crippen molar-refractivity contribution in [1.82, 2.24) is 4.83 Å². The van der Waals surface area contributed by atoms with Gasteiger partial charge in [0, 0.05) is 22.6 Å². The highest BCUT2D eigenvalue weighted by Gasteiger charge is 2.29. The van der Waals surface area contributed by atoms with E-state index in [9.17, 15) is 13.2 Å². The summed E-state index contributed by atoms with van der Waals surface area (Å²) in [5, 5.41) is 7.50. The van der Waals surface area contributed by atoms with Crippen LogP contribution in [-0.4, -0.2) is 20.0 Å². The van der Waals surface area contributed by atoms with Crippen LogP contribution >= 0.6 is 11.6 Å². The highest BCUT2D eigenvalue weighted by Crippen LogP contribution is 2.34. The van der Waals surface area contributed by atoms with Crippen LogP contribution in [0.1, 0.15) is 45.8 Å². The normalized spacial score (nSPS) is 14.1. The molecule has 39 heavy (non-hydrogen) atoms. The zero-order chi connectivity index (χ0) is 27.6. The van der Waals surface area contributed by atoms with E-state index in [0.29, 0.717) is 64.1 Å². The van der Waals surface area contributed by atoms with E-state index in [1.807, 2.05) is 25.1 Å². The molecule has 1 aromatic heterocycles. The zero-order valence-electron chi connectivity index (χ0n) is 21.3. The van der Waals surface area contributed by atoms with Crippen molar-refractivity contribution in [3.8, 4) is 11.5 Å². The minimum absolute atomic E-state index is 0.113.